The summed E-state index contributed by atoms with van der Waals surface area (Å²) in [7, 11) is 0. The van der Waals surface area contributed by atoms with Gasteiger partial charge in [-0.05, 0) is 73.7 Å². The number of halogens is 1. The third-order valence-electron chi connectivity index (χ3n) is 4.35. The van der Waals surface area contributed by atoms with Crippen LogP contribution in [0.15, 0.2) is 76.0 Å². The van der Waals surface area contributed by atoms with Crippen molar-refractivity contribution in [2.24, 2.45) is 0 Å². The number of carbonyl (C=O) groups excluding carboxylic acids is 1. The van der Waals surface area contributed by atoms with Crippen LogP contribution in [0.3, 0.4) is 0 Å². The minimum Gasteiger partial charge on any atom is -0.436 e. The van der Waals surface area contributed by atoms with E-state index >= 15 is 0 Å². The van der Waals surface area contributed by atoms with Gasteiger partial charge in [-0.3, -0.25) is 4.79 Å². The Morgan fingerprint density at radius 2 is 1.94 bits per heavy atom. The summed E-state index contributed by atoms with van der Waals surface area (Å²) in [6.45, 7) is 2.03. The van der Waals surface area contributed by atoms with Crippen molar-refractivity contribution in [3.05, 3.63) is 77.3 Å². The number of carbonyl (C=O) groups is 1. The number of nitrogens with one attached hydrogen (secondary N) is 2. The second-order valence-electron chi connectivity index (χ2n) is 6.82. The molecule has 1 aromatic heterocycles. The molecule has 2 N–H and O–H groups in total. The van der Waals surface area contributed by atoms with Gasteiger partial charge in [0.15, 0.2) is 10.7 Å². The summed E-state index contributed by atoms with van der Waals surface area (Å²) in [6.07, 6.45) is 0. The monoisotopic (exact) mass is 467 g/mol. The maximum absolute atomic E-state index is 12.2. The molecule has 0 aliphatic heterocycles. The zero-order valence-electron chi connectivity index (χ0n) is 16.5. The van der Waals surface area contributed by atoms with E-state index in [0.717, 1.165) is 16.0 Å². The molecule has 156 valence electrons. The second-order valence-corrected chi connectivity index (χ2v) is 8.71. The van der Waals surface area contributed by atoms with Crippen LogP contribution in [0.5, 0.6) is 0 Å². The van der Waals surface area contributed by atoms with Gasteiger partial charge in [0.25, 0.3) is 0 Å². The first-order valence-electron chi connectivity index (χ1n) is 9.43. The average Bonchev–Trinajstić information content (AvgIpc) is 3.17. The van der Waals surface area contributed by atoms with Crippen LogP contribution in [0.2, 0.25) is 5.02 Å². The van der Waals surface area contributed by atoms with Gasteiger partial charge in [0.1, 0.15) is 5.52 Å². The number of rotatable bonds is 5. The molecule has 0 spiro atoms. The van der Waals surface area contributed by atoms with Gasteiger partial charge in [0.2, 0.25) is 11.8 Å². The highest BCUT2D eigenvalue weighted by Gasteiger charge is 2.11. The Kier molecular flexibility index (Phi) is 6.56. The first-order valence-corrected chi connectivity index (χ1v) is 11.2. The van der Waals surface area contributed by atoms with E-state index in [0.29, 0.717) is 27.7 Å². The lowest BCUT2D eigenvalue weighted by Gasteiger charge is -2.09. The smallest absolute Gasteiger partial charge is 0.236 e. The molecule has 1 amide bonds. The van der Waals surface area contributed by atoms with Gasteiger partial charge < -0.3 is 15.1 Å². The maximum atomic E-state index is 12.2. The standard InChI is InChI=1S/C23H18ClN3O2S2/c1-14-3-2-4-15(11-14)22-26-19-12-17(7-10-20(19)29-22)25-23(30)27-21(28)13-31-18-8-5-16(24)6-9-18/h2-12H,13H2,1H3,(H2,25,27,28,30). The van der Waals surface area contributed by atoms with Crippen LogP contribution in [-0.2, 0) is 4.79 Å². The van der Waals surface area contributed by atoms with E-state index in [1.807, 2.05) is 61.5 Å². The lowest BCUT2D eigenvalue weighted by atomic mass is 10.1. The summed E-state index contributed by atoms with van der Waals surface area (Å²) in [6, 6.07) is 20.8. The number of aryl methyl sites for hydroxylation is 1. The molecule has 3 aromatic carbocycles. The SMILES string of the molecule is Cc1cccc(-c2nc3cc(NC(=S)NC(=O)CSc4ccc(Cl)cc4)ccc3o2)c1. The molecule has 4 rings (SSSR count). The minimum absolute atomic E-state index is 0.193. The molecule has 0 aliphatic carbocycles. The number of hydrogen-bond acceptors (Lipinski definition) is 5. The molecular formula is C23H18ClN3O2S2. The van der Waals surface area contributed by atoms with Crippen LogP contribution in [0.1, 0.15) is 5.56 Å². The topological polar surface area (TPSA) is 67.2 Å². The summed E-state index contributed by atoms with van der Waals surface area (Å²) in [4.78, 5) is 17.7. The van der Waals surface area contributed by atoms with Crippen molar-refractivity contribution >= 4 is 63.4 Å². The molecule has 1 heterocycles. The van der Waals surface area contributed by atoms with Crippen molar-refractivity contribution in [3.63, 3.8) is 0 Å². The number of nitrogens with zero attached hydrogens (tertiary/aromatic N) is 1. The van der Waals surface area contributed by atoms with Crippen molar-refractivity contribution in [3.8, 4) is 11.5 Å². The Morgan fingerprint density at radius 3 is 2.71 bits per heavy atom. The van der Waals surface area contributed by atoms with Crippen molar-refractivity contribution in [1.29, 1.82) is 0 Å². The Balaban J connectivity index is 1.36. The Labute approximate surface area is 194 Å². The lowest BCUT2D eigenvalue weighted by Crippen LogP contribution is -2.35. The quantitative estimate of drug-likeness (QED) is 0.274. The Bertz CT molecular complexity index is 1260. The van der Waals surface area contributed by atoms with E-state index in [9.17, 15) is 4.79 Å². The van der Waals surface area contributed by atoms with Gasteiger partial charge >= 0.3 is 0 Å². The largest absolute Gasteiger partial charge is 0.436 e. The molecule has 0 saturated carbocycles. The molecule has 0 bridgehead atoms. The predicted molar refractivity (Wildman–Crippen MR) is 131 cm³/mol. The van der Waals surface area contributed by atoms with E-state index in [1.165, 1.54) is 11.8 Å². The molecule has 0 saturated heterocycles. The number of amides is 1. The van der Waals surface area contributed by atoms with Gasteiger partial charge in [-0.15, -0.1) is 11.8 Å². The van der Waals surface area contributed by atoms with E-state index in [1.54, 1.807) is 12.1 Å². The highest BCUT2D eigenvalue weighted by Crippen LogP contribution is 2.26. The third kappa shape index (κ3) is 5.64. The highest BCUT2D eigenvalue weighted by molar-refractivity contribution is 8.00. The van der Waals surface area contributed by atoms with Crippen molar-refractivity contribution in [2.75, 3.05) is 11.1 Å². The van der Waals surface area contributed by atoms with Crippen LogP contribution in [-0.4, -0.2) is 21.8 Å². The zero-order valence-corrected chi connectivity index (χ0v) is 18.9. The number of benzene rings is 3. The van der Waals surface area contributed by atoms with Crippen molar-refractivity contribution in [2.45, 2.75) is 11.8 Å². The van der Waals surface area contributed by atoms with Gasteiger partial charge in [-0.1, -0.05) is 29.3 Å². The van der Waals surface area contributed by atoms with E-state index < -0.39 is 0 Å². The Hall–Kier alpha value is -2.87. The number of thioether (sulfide) groups is 1. The number of hydrogen-bond donors (Lipinski definition) is 2. The molecule has 0 unspecified atom stereocenters. The molecule has 0 fully saturated rings. The fourth-order valence-corrected chi connectivity index (χ4v) is 3.97. The average molecular weight is 468 g/mol. The molecule has 5 nitrogen and oxygen atoms in total. The van der Waals surface area contributed by atoms with E-state index in [-0.39, 0.29) is 16.8 Å². The maximum Gasteiger partial charge on any atom is 0.236 e. The van der Waals surface area contributed by atoms with Gasteiger partial charge in [-0.2, -0.15) is 0 Å². The fourth-order valence-electron chi connectivity index (χ4n) is 2.91. The number of oxazole rings is 1. The molecule has 4 aromatic rings. The van der Waals surface area contributed by atoms with Crippen LogP contribution < -0.4 is 10.6 Å². The molecule has 0 atom stereocenters. The molecule has 0 aliphatic rings. The van der Waals surface area contributed by atoms with Crippen molar-refractivity contribution in [1.82, 2.24) is 10.3 Å². The summed E-state index contributed by atoms with van der Waals surface area (Å²) >= 11 is 12.5. The highest BCUT2D eigenvalue weighted by atomic mass is 35.5. The van der Waals surface area contributed by atoms with Gasteiger partial charge in [-0.25, -0.2) is 4.98 Å². The van der Waals surface area contributed by atoms with Gasteiger partial charge in [0, 0.05) is 21.2 Å². The summed E-state index contributed by atoms with van der Waals surface area (Å²) in [5.74, 6) is 0.610. The first-order chi connectivity index (χ1) is 15.0. The van der Waals surface area contributed by atoms with Crippen molar-refractivity contribution < 1.29 is 9.21 Å². The summed E-state index contributed by atoms with van der Waals surface area (Å²) in [5.41, 5.74) is 4.15. The third-order valence-corrected chi connectivity index (χ3v) is 5.82. The molecular weight excluding hydrogens is 450 g/mol. The molecule has 0 radical (unpaired) electrons. The zero-order chi connectivity index (χ0) is 21.8. The van der Waals surface area contributed by atoms with Crippen LogP contribution in [0.4, 0.5) is 5.69 Å². The first kappa shape index (κ1) is 21.4. The number of fused-ring (bicyclic) bond motifs is 1. The normalized spacial score (nSPS) is 10.8. The molecule has 31 heavy (non-hydrogen) atoms. The summed E-state index contributed by atoms with van der Waals surface area (Å²) in [5, 5.41) is 6.59. The Morgan fingerprint density at radius 1 is 1.13 bits per heavy atom. The fraction of sp³-hybridized carbons (Fsp3) is 0.0870. The second kappa shape index (κ2) is 9.51. The predicted octanol–water partition coefficient (Wildman–Crippen LogP) is 6.06. The van der Waals surface area contributed by atoms with Crippen LogP contribution in [0, 0.1) is 6.92 Å². The molecule has 8 heteroatoms. The number of anilines is 1. The summed E-state index contributed by atoms with van der Waals surface area (Å²) < 4.78 is 5.86. The number of thiocarbonyl (C=S) groups is 1. The lowest BCUT2D eigenvalue weighted by molar-refractivity contribution is -0.117. The van der Waals surface area contributed by atoms with E-state index in [4.69, 9.17) is 28.2 Å². The van der Waals surface area contributed by atoms with Gasteiger partial charge in [0.05, 0.1) is 5.75 Å². The van der Waals surface area contributed by atoms with Crippen LogP contribution >= 0.6 is 35.6 Å². The minimum atomic E-state index is -0.193. The number of aromatic nitrogens is 1. The van der Waals surface area contributed by atoms with E-state index in [2.05, 4.69) is 15.6 Å². The van der Waals surface area contributed by atoms with Crippen LogP contribution in [0.25, 0.3) is 22.6 Å².